The van der Waals surface area contributed by atoms with Crippen molar-refractivity contribution in [2.45, 2.75) is 44.8 Å². The van der Waals surface area contributed by atoms with E-state index in [0.717, 1.165) is 33.9 Å². The number of benzene rings is 3. The van der Waals surface area contributed by atoms with E-state index in [4.69, 9.17) is 0 Å². The summed E-state index contributed by atoms with van der Waals surface area (Å²) in [6.07, 6.45) is 3.63. The number of anilines is 2. The molecule has 3 unspecified atom stereocenters. The van der Waals surface area contributed by atoms with Gasteiger partial charge >= 0.3 is 0 Å². The first-order chi connectivity index (χ1) is 20.3. The lowest BCUT2D eigenvalue weighted by atomic mass is 9.81. The first kappa shape index (κ1) is 27.9. The third-order valence-electron chi connectivity index (χ3n) is 8.35. The Morgan fingerprint density at radius 3 is 2.21 bits per heavy atom. The van der Waals surface area contributed by atoms with Crippen molar-refractivity contribution >= 4 is 36.3 Å². The highest BCUT2D eigenvalue weighted by molar-refractivity contribution is 6.87. The molecule has 0 saturated heterocycles. The molecular formula is C36H37N3O2Si. The summed E-state index contributed by atoms with van der Waals surface area (Å²) in [7, 11) is -1.73. The van der Waals surface area contributed by atoms with Gasteiger partial charge < -0.3 is 15.4 Å². The van der Waals surface area contributed by atoms with E-state index in [9.17, 15) is 9.90 Å². The van der Waals surface area contributed by atoms with Gasteiger partial charge in [0, 0.05) is 41.7 Å². The number of Topliss-reactive ketones (excluding diaryl/α,β-unsaturated/α-hetero) is 1. The zero-order valence-corrected chi connectivity index (χ0v) is 25.5. The lowest BCUT2D eigenvalue weighted by Crippen LogP contribution is -2.51. The summed E-state index contributed by atoms with van der Waals surface area (Å²) in [6.45, 7) is 6.91. The van der Waals surface area contributed by atoms with Crippen molar-refractivity contribution in [2.75, 3.05) is 5.32 Å². The van der Waals surface area contributed by atoms with E-state index >= 15 is 0 Å². The number of aromatic nitrogens is 2. The molecule has 6 rings (SSSR count). The third kappa shape index (κ3) is 5.48. The number of fused-ring (bicyclic) bond motifs is 1. The highest BCUT2D eigenvalue weighted by Crippen LogP contribution is 2.42. The van der Waals surface area contributed by atoms with Gasteiger partial charge in [-0.1, -0.05) is 104 Å². The van der Waals surface area contributed by atoms with E-state index in [0.29, 0.717) is 12.0 Å². The molecule has 2 aromatic heterocycles. The normalized spacial score (nSPS) is 16.5. The number of hydrogen-bond donors (Lipinski definition) is 3. The van der Waals surface area contributed by atoms with Crippen molar-refractivity contribution < 1.29 is 9.90 Å². The van der Waals surface area contributed by atoms with Crippen LogP contribution in [0.3, 0.4) is 0 Å². The van der Waals surface area contributed by atoms with Crippen molar-refractivity contribution in [1.29, 1.82) is 0 Å². The van der Waals surface area contributed by atoms with Gasteiger partial charge in [0.1, 0.15) is 8.80 Å². The van der Waals surface area contributed by atoms with Gasteiger partial charge in [-0.05, 0) is 41.3 Å². The molecule has 0 fully saturated rings. The van der Waals surface area contributed by atoms with E-state index < -0.39 is 14.9 Å². The van der Waals surface area contributed by atoms with E-state index in [1.54, 1.807) is 12.4 Å². The molecule has 3 aromatic carbocycles. The molecule has 2 heterocycles. The van der Waals surface area contributed by atoms with Crippen molar-refractivity contribution in [3.8, 4) is 11.3 Å². The number of H-pyrrole nitrogens is 1. The van der Waals surface area contributed by atoms with Crippen LogP contribution < -0.4 is 15.7 Å². The summed E-state index contributed by atoms with van der Waals surface area (Å²) in [5, 5.41) is 18.2. The summed E-state index contributed by atoms with van der Waals surface area (Å²) < 4.78 is 0. The van der Waals surface area contributed by atoms with Crippen LogP contribution in [-0.4, -0.2) is 29.7 Å². The summed E-state index contributed by atoms with van der Waals surface area (Å²) in [5.74, 6) is -0.189. The Bertz CT molecular complexity index is 1680. The number of nitrogens with zero attached hydrogens (tertiary/aromatic N) is 1. The van der Waals surface area contributed by atoms with Crippen LogP contribution in [0, 0.1) is 5.92 Å². The maximum atomic E-state index is 13.9. The number of nitrogens with one attached hydrogen (secondary N) is 2. The highest BCUT2D eigenvalue weighted by Gasteiger charge is 2.38. The van der Waals surface area contributed by atoms with Crippen molar-refractivity contribution in [3.05, 3.63) is 126 Å². The van der Waals surface area contributed by atoms with Crippen LogP contribution in [0.2, 0.25) is 5.04 Å². The predicted octanol–water partition coefficient (Wildman–Crippen LogP) is 6.44. The number of aromatic amines is 1. The molecule has 0 spiro atoms. The summed E-state index contributed by atoms with van der Waals surface area (Å²) in [5.41, 5.74) is 6.02. The lowest BCUT2D eigenvalue weighted by molar-refractivity contribution is 0.0758. The minimum absolute atomic E-state index is 0.0421. The van der Waals surface area contributed by atoms with Gasteiger partial charge in [-0.15, -0.1) is 0 Å². The molecule has 3 atom stereocenters. The second kappa shape index (κ2) is 11.5. The third-order valence-corrected chi connectivity index (χ3v) is 12.3. The Balaban J connectivity index is 1.38. The number of aliphatic hydroxyl groups is 1. The number of rotatable bonds is 7. The molecule has 42 heavy (non-hydrogen) atoms. The average molecular weight is 572 g/mol. The molecule has 5 aromatic rings. The van der Waals surface area contributed by atoms with Gasteiger partial charge in [-0.3, -0.25) is 9.78 Å². The van der Waals surface area contributed by atoms with Gasteiger partial charge in [0.2, 0.25) is 0 Å². The Kier molecular flexibility index (Phi) is 7.67. The molecule has 0 bridgehead atoms. The number of aliphatic hydroxyl groups excluding tert-OH is 1. The maximum absolute atomic E-state index is 13.9. The van der Waals surface area contributed by atoms with Crippen LogP contribution >= 0.6 is 0 Å². The molecule has 0 saturated carbocycles. The second-order valence-corrected chi connectivity index (χ2v) is 16.2. The fourth-order valence-electron chi connectivity index (χ4n) is 6.52. The van der Waals surface area contributed by atoms with Crippen LogP contribution in [0.1, 0.15) is 54.9 Å². The Morgan fingerprint density at radius 1 is 0.881 bits per heavy atom. The zero-order valence-electron chi connectivity index (χ0n) is 24.3. The van der Waals surface area contributed by atoms with Gasteiger partial charge in [0.15, 0.2) is 5.78 Å². The highest BCUT2D eigenvalue weighted by atomic mass is 28.3. The predicted molar refractivity (Wildman–Crippen MR) is 174 cm³/mol. The summed E-state index contributed by atoms with van der Waals surface area (Å²) in [6, 6.07) is 32.9. The van der Waals surface area contributed by atoms with E-state index in [1.807, 2.05) is 48.5 Å². The minimum Gasteiger partial charge on any atom is -0.388 e. The Hall–Kier alpha value is -4.26. The zero-order chi connectivity index (χ0) is 29.3. The molecular weight excluding hydrogens is 535 g/mol. The number of pyridine rings is 1. The van der Waals surface area contributed by atoms with E-state index in [-0.39, 0.29) is 23.2 Å². The standard InChI is InChI=1S/C36H37N3O2Si/c1-36(2,3)42(27-14-8-5-9-15-27)31-17-11-10-16-28(31)35(41)25-22-29-32(30(40)23-25)34(38-26-12-6-4-7-13-26)33(39-29)24-18-20-37-21-19-24/h4-21,25,35,38-39,41-42H,22-23H2,1-3H3. The van der Waals surface area contributed by atoms with E-state index in [1.165, 1.54) is 10.4 Å². The number of para-hydroxylation sites is 1. The van der Waals surface area contributed by atoms with Crippen LogP contribution in [0.25, 0.3) is 11.3 Å². The smallest absolute Gasteiger partial charge is 0.167 e. The Morgan fingerprint density at radius 2 is 1.52 bits per heavy atom. The fourth-order valence-corrected chi connectivity index (χ4v) is 10.3. The van der Waals surface area contributed by atoms with Gasteiger partial charge in [-0.2, -0.15) is 0 Å². The topological polar surface area (TPSA) is 78.0 Å². The largest absolute Gasteiger partial charge is 0.388 e. The molecule has 5 nitrogen and oxygen atoms in total. The number of ketones is 1. The van der Waals surface area contributed by atoms with Crippen molar-refractivity contribution in [1.82, 2.24) is 9.97 Å². The summed E-state index contributed by atoms with van der Waals surface area (Å²) in [4.78, 5) is 21.7. The van der Waals surface area contributed by atoms with Crippen LogP contribution in [0.15, 0.2) is 109 Å². The maximum Gasteiger partial charge on any atom is 0.167 e. The molecule has 212 valence electrons. The van der Waals surface area contributed by atoms with E-state index in [2.05, 4.69) is 84.6 Å². The molecule has 3 N–H and O–H groups in total. The minimum atomic E-state index is -1.73. The monoisotopic (exact) mass is 571 g/mol. The first-order valence-corrected chi connectivity index (χ1v) is 16.4. The van der Waals surface area contributed by atoms with Crippen LogP contribution in [0.4, 0.5) is 11.4 Å². The molecule has 0 aliphatic heterocycles. The number of carbonyl (C=O) groups is 1. The Labute approximate surface area is 249 Å². The molecule has 1 aliphatic carbocycles. The average Bonchev–Trinajstić information content (AvgIpc) is 3.36. The number of carbonyl (C=O) groups excluding carboxylic acids is 1. The van der Waals surface area contributed by atoms with Crippen LogP contribution in [-0.2, 0) is 6.42 Å². The van der Waals surface area contributed by atoms with Crippen LogP contribution in [0.5, 0.6) is 0 Å². The van der Waals surface area contributed by atoms with Crippen molar-refractivity contribution in [3.63, 3.8) is 0 Å². The van der Waals surface area contributed by atoms with Gasteiger partial charge in [-0.25, -0.2) is 0 Å². The van der Waals surface area contributed by atoms with Gasteiger partial charge in [0.05, 0.1) is 23.0 Å². The molecule has 1 aliphatic rings. The number of hydrogen-bond acceptors (Lipinski definition) is 4. The second-order valence-electron chi connectivity index (χ2n) is 12.3. The SMILES string of the molecule is CC(C)(C)[SiH](c1ccccc1)c1ccccc1C(O)C1CC(=O)c2c([nH]c(-c3ccncc3)c2Nc2ccccc2)C1. The van der Waals surface area contributed by atoms with Crippen molar-refractivity contribution in [2.24, 2.45) is 5.92 Å². The molecule has 6 heteroatoms. The molecule has 0 radical (unpaired) electrons. The molecule has 0 amide bonds. The lowest BCUT2D eigenvalue weighted by Gasteiger charge is -2.34. The first-order valence-electron chi connectivity index (χ1n) is 14.6. The fraction of sp³-hybridized carbons (Fsp3) is 0.222. The van der Waals surface area contributed by atoms with Gasteiger partial charge in [0.25, 0.3) is 0 Å². The quantitative estimate of drug-likeness (QED) is 0.197. The summed E-state index contributed by atoms with van der Waals surface area (Å²) >= 11 is 0.